The molecule has 28 heavy (non-hydrogen) atoms. The number of anilines is 1. The number of hydrogen-bond donors (Lipinski definition) is 1. The molecule has 0 aliphatic heterocycles. The van der Waals surface area contributed by atoms with Gasteiger partial charge in [-0.2, -0.15) is 0 Å². The molecule has 0 unspecified atom stereocenters. The van der Waals surface area contributed by atoms with Crippen molar-refractivity contribution in [2.45, 2.75) is 0 Å². The predicted octanol–water partition coefficient (Wildman–Crippen LogP) is 4.27. The molecule has 6 nitrogen and oxygen atoms in total. The third-order valence-electron chi connectivity index (χ3n) is 4.47. The van der Waals surface area contributed by atoms with Crippen molar-refractivity contribution in [2.24, 2.45) is 0 Å². The molecule has 140 valence electrons. The Morgan fingerprint density at radius 2 is 1.64 bits per heavy atom. The average Bonchev–Trinajstić information content (AvgIpc) is 3.17. The topological polar surface area (TPSA) is 64.9 Å². The Bertz CT molecular complexity index is 1100. The van der Waals surface area contributed by atoms with E-state index in [4.69, 9.17) is 9.47 Å². The Morgan fingerprint density at radius 1 is 0.929 bits per heavy atom. The molecule has 0 bridgehead atoms. The summed E-state index contributed by atoms with van der Waals surface area (Å²) in [6.45, 7) is 0. The van der Waals surface area contributed by atoms with E-state index in [0.717, 1.165) is 16.9 Å². The van der Waals surface area contributed by atoms with Gasteiger partial charge in [0.15, 0.2) is 0 Å². The first kappa shape index (κ1) is 17.6. The van der Waals surface area contributed by atoms with Gasteiger partial charge in [0.05, 0.1) is 25.6 Å². The zero-order valence-corrected chi connectivity index (χ0v) is 15.5. The Balaban J connectivity index is 1.73. The van der Waals surface area contributed by atoms with Crippen LogP contribution in [0.3, 0.4) is 0 Å². The minimum absolute atomic E-state index is 0.314. The maximum Gasteiger partial charge on any atom is 0.263 e. The molecule has 1 N–H and O–H groups in total. The number of ether oxygens (including phenoxy) is 2. The fourth-order valence-electron chi connectivity index (χ4n) is 3.14. The maximum atomic E-state index is 13.0. The fraction of sp³-hybridized carbons (Fsp3) is 0.0909. The number of benzene rings is 2. The van der Waals surface area contributed by atoms with Crippen LogP contribution in [0.1, 0.15) is 10.4 Å². The zero-order chi connectivity index (χ0) is 19.5. The van der Waals surface area contributed by atoms with Crippen molar-refractivity contribution < 1.29 is 14.3 Å². The van der Waals surface area contributed by atoms with E-state index in [1.807, 2.05) is 59.3 Å². The minimum Gasteiger partial charge on any atom is -0.496 e. The van der Waals surface area contributed by atoms with Crippen LogP contribution in [0.25, 0.3) is 16.9 Å². The van der Waals surface area contributed by atoms with Gasteiger partial charge in [0, 0.05) is 18.0 Å². The first-order chi connectivity index (χ1) is 13.7. The smallest absolute Gasteiger partial charge is 0.263 e. The summed E-state index contributed by atoms with van der Waals surface area (Å²) in [4.78, 5) is 17.7. The molecule has 0 saturated heterocycles. The van der Waals surface area contributed by atoms with Crippen LogP contribution in [-0.2, 0) is 0 Å². The molecule has 4 rings (SSSR count). The number of hydrogen-bond acceptors (Lipinski definition) is 4. The number of pyridine rings is 1. The van der Waals surface area contributed by atoms with Crippen molar-refractivity contribution >= 4 is 17.2 Å². The Kier molecular flexibility index (Phi) is 4.68. The van der Waals surface area contributed by atoms with E-state index in [2.05, 4.69) is 10.3 Å². The number of imidazole rings is 1. The number of nitrogens with zero attached hydrogens (tertiary/aromatic N) is 2. The monoisotopic (exact) mass is 373 g/mol. The number of rotatable bonds is 5. The highest BCUT2D eigenvalue weighted by Crippen LogP contribution is 2.32. The third-order valence-corrected chi connectivity index (χ3v) is 4.47. The maximum absolute atomic E-state index is 13.0. The van der Waals surface area contributed by atoms with Crippen molar-refractivity contribution in [3.8, 4) is 22.8 Å². The van der Waals surface area contributed by atoms with Gasteiger partial charge in [-0.25, -0.2) is 4.98 Å². The molecule has 0 fully saturated rings. The lowest BCUT2D eigenvalue weighted by molar-refractivity contribution is 0.102. The van der Waals surface area contributed by atoms with Crippen LogP contribution in [0.4, 0.5) is 5.69 Å². The molecule has 0 aliphatic carbocycles. The second-order valence-electron chi connectivity index (χ2n) is 6.13. The number of carbonyl (C=O) groups is 1. The van der Waals surface area contributed by atoms with E-state index in [1.165, 1.54) is 14.2 Å². The summed E-state index contributed by atoms with van der Waals surface area (Å²) >= 11 is 0. The zero-order valence-electron chi connectivity index (χ0n) is 15.5. The first-order valence-corrected chi connectivity index (χ1v) is 8.76. The minimum atomic E-state index is -0.314. The lowest BCUT2D eigenvalue weighted by Crippen LogP contribution is -2.15. The van der Waals surface area contributed by atoms with Crippen molar-refractivity contribution in [1.29, 1.82) is 0 Å². The van der Waals surface area contributed by atoms with E-state index < -0.39 is 0 Å². The van der Waals surface area contributed by atoms with Gasteiger partial charge in [-0.15, -0.1) is 0 Å². The molecule has 2 aromatic heterocycles. The molecule has 0 radical (unpaired) electrons. The van der Waals surface area contributed by atoms with E-state index >= 15 is 0 Å². The summed E-state index contributed by atoms with van der Waals surface area (Å²) in [6, 6.07) is 18.6. The van der Waals surface area contributed by atoms with Gasteiger partial charge in [-0.3, -0.25) is 4.79 Å². The van der Waals surface area contributed by atoms with Crippen LogP contribution in [0, 0.1) is 0 Å². The highest BCUT2D eigenvalue weighted by atomic mass is 16.5. The Morgan fingerprint density at radius 3 is 2.36 bits per heavy atom. The number of methoxy groups -OCH3 is 2. The van der Waals surface area contributed by atoms with Crippen LogP contribution >= 0.6 is 0 Å². The summed E-state index contributed by atoms with van der Waals surface area (Å²) < 4.78 is 12.6. The average molecular weight is 373 g/mol. The van der Waals surface area contributed by atoms with Gasteiger partial charge in [0.25, 0.3) is 5.91 Å². The molecular weight excluding hydrogens is 354 g/mol. The van der Waals surface area contributed by atoms with E-state index in [1.54, 1.807) is 18.2 Å². The van der Waals surface area contributed by atoms with Crippen LogP contribution in [0.15, 0.2) is 73.1 Å². The van der Waals surface area contributed by atoms with Gasteiger partial charge in [0.2, 0.25) is 0 Å². The predicted molar refractivity (Wildman–Crippen MR) is 108 cm³/mol. The molecule has 2 heterocycles. The molecule has 0 saturated carbocycles. The van der Waals surface area contributed by atoms with Crippen LogP contribution in [0.5, 0.6) is 11.5 Å². The van der Waals surface area contributed by atoms with Crippen LogP contribution in [-0.4, -0.2) is 29.5 Å². The number of fused-ring (bicyclic) bond motifs is 1. The molecule has 0 atom stereocenters. The second kappa shape index (κ2) is 7.44. The largest absolute Gasteiger partial charge is 0.496 e. The van der Waals surface area contributed by atoms with Gasteiger partial charge < -0.3 is 19.2 Å². The highest BCUT2D eigenvalue weighted by Gasteiger charge is 2.20. The van der Waals surface area contributed by atoms with E-state index in [0.29, 0.717) is 22.7 Å². The second-order valence-corrected chi connectivity index (χ2v) is 6.13. The van der Waals surface area contributed by atoms with Gasteiger partial charge in [0.1, 0.15) is 22.7 Å². The molecule has 0 spiro atoms. The Labute approximate surface area is 162 Å². The van der Waals surface area contributed by atoms with Crippen molar-refractivity contribution in [3.63, 3.8) is 0 Å². The molecular formula is C22H19N3O3. The standard InChI is InChI=1S/C22H19N3O3/c1-27-18-10-7-11-19(28-2)21(18)22(26)24-16-9-4-3-8-15(16)17-14-25-13-6-5-12-20(25)23-17/h3-14H,1-2H3,(H,24,26). The number of nitrogens with one attached hydrogen (secondary N) is 1. The fourth-order valence-corrected chi connectivity index (χ4v) is 3.14. The van der Waals surface area contributed by atoms with E-state index in [9.17, 15) is 4.79 Å². The third kappa shape index (κ3) is 3.16. The lowest BCUT2D eigenvalue weighted by Gasteiger charge is -2.14. The number of carbonyl (C=O) groups excluding carboxylic acids is 1. The summed E-state index contributed by atoms with van der Waals surface area (Å²) in [5, 5.41) is 2.97. The first-order valence-electron chi connectivity index (χ1n) is 8.76. The summed E-state index contributed by atoms with van der Waals surface area (Å²) in [5.74, 6) is 0.578. The highest BCUT2D eigenvalue weighted by molar-refractivity contribution is 6.09. The normalized spacial score (nSPS) is 10.6. The summed E-state index contributed by atoms with van der Waals surface area (Å²) in [5.41, 5.74) is 3.44. The van der Waals surface area contributed by atoms with Crippen LogP contribution < -0.4 is 14.8 Å². The van der Waals surface area contributed by atoms with Gasteiger partial charge in [-0.1, -0.05) is 30.3 Å². The van der Waals surface area contributed by atoms with Crippen molar-refractivity contribution in [1.82, 2.24) is 9.38 Å². The number of para-hydroxylation sites is 1. The van der Waals surface area contributed by atoms with Gasteiger partial charge >= 0.3 is 0 Å². The lowest BCUT2D eigenvalue weighted by atomic mass is 10.1. The van der Waals surface area contributed by atoms with Crippen LogP contribution in [0.2, 0.25) is 0 Å². The van der Waals surface area contributed by atoms with E-state index in [-0.39, 0.29) is 5.91 Å². The quantitative estimate of drug-likeness (QED) is 0.567. The molecule has 6 heteroatoms. The van der Waals surface area contributed by atoms with Crippen molar-refractivity contribution in [3.05, 3.63) is 78.6 Å². The number of aromatic nitrogens is 2. The molecule has 1 amide bonds. The summed E-state index contributed by atoms with van der Waals surface area (Å²) in [7, 11) is 3.05. The number of amides is 1. The van der Waals surface area contributed by atoms with Crippen molar-refractivity contribution in [2.75, 3.05) is 19.5 Å². The molecule has 4 aromatic rings. The van der Waals surface area contributed by atoms with Gasteiger partial charge in [-0.05, 0) is 30.3 Å². The summed E-state index contributed by atoms with van der Waals surface area (Å²) in [6.07, 6.45) is 3.87. The molecule has 2 aromatic carbocycles. The SMILES string of the molecule is COc1cccc(OC)c1C(=O)Nc1ccccc1-c1cn2ccccc2n1. The Hall–Kier alpha value is -3.80. The molecule has 0 aliphatic rings.